The number of nitrogens with one attached hydrogen (secondary N) is 2. The third-order valence-corrected chi connectivity index (χ3v) is 2.32. The number of fused-ring (bicyclic) bond motifs is 1. The van der Waals surface area contributed by atoms with Gasteiger partial charge in [0, 0.05) is 0 Å². The van der Waals surface area contributed by atoms with E-state index in [1.165, 1.54) is 6.33 Å². The van der Waals surface area contributed by atoms with E-state index in [-0.39, 0.29) is 0 Å². The van der Waals surface area contributed by atoms with Crippen molar-refractivity contribution in [3.63, 3.8) is 0 Å². The number of nitrogens with two attached hydrogens (primary N) is 1. The minimum absolute atomic E-state index is 0.411. The Labute approximate surface area is 96.1 Å². The predicted octanol–water partition coefficient (Wildman–Crippen LogP) is 1.14. The van der Waals surface area contributed by atoms with Gasteiger partial charge in [0.15, 0.2) is 5.58 Å². The quantitative estimate of drug-likeness (QED) is 0.582. The van der Waals surface area contributed by atoms with Crippen molar-refractivity contribution in [3.05, 3.63) is 30.4 Å². The molecule has 1 aromatic carbocycles. The summed E-state index contributed by atoms with van der Waals surface area (Å²) in [5, 5.41) is 9.48. The van der Waals surface area contributed by atoms with Crippen molar-refractivity contribution in [2.45, 2.75) is 6.54 Å². The molecule has 0 bridgehead atoms. The summed E-state index contributed by atoms with van der Waals surface area (Å²) in [5.74, 6) is 0.709. The van der Waals surface area contributed by atoms with Crippen molar-refractivity contribution in [2.75, 3.05) is 11.1 Å². The maximum Gasteiger partial charge on any atom is 0.296 e. The number of hydrogen-bond acceptors (Lipinski definition) is 6. The van der Waals surface area contributed by atoms with E-state index in [1.54, 1.807) is 6.07 Å². The van der Waals surface area contributed by atoms with Crippen LogP contribution in [0.3, 0.4) is 0 Å². The maximum atomic E-state index is 5.78. The number of rotatable bonds is 3. The van der Waals surface area contributed by atoms with Gasteiger partial charge in [0.05, 0.1) is 12.2 Å². The minimum Gasteiger partial charge on any atom is -0.423 e. The van der Waals surface area contributed by atoms with Crippen LogP contribution in [0.4, 0.5) is 11.7 Å². The summed E-state index contributed by atoms with van der Waals surface area (Å²) in [6.45, 7) is 0.465. The molecular formula is C10H10N6O. The van der Waals surface area contributed by atoms with Gasteiger partial charge < -0.3 is 15.5 Å². The lowest BCUT2D eigenvalue weighted by molar-refractivity contribution is 0.613. The Balaban J connectivity index is 1.84. The lowest BCUT2D eigenvalue weighted by Crippen LogP contribution is -2.01. The number of nitrogen functional groups attached to an aromatic ring is 1. The van der Waals surface area contributed by atoms with Gasteiger partial charge in [-0.3, -0.25) is 5.10 Å². The van der Waals surface area contributed by atoms with Gasteiger partial charge in [-0.15, -0.1) is 0 Å². The van der Waals surface area contributed by atoms with Crippen LogP contribution in [-0.4, -0.2) is 20.2 Å². The molecule has 3 aromatic rings. The highest BCUT2D eigenvalue weighted by Crippen LogP contribution is 2.23. The molecular weight excluding hydrogens is 220 g/mol. The molecule has 86 valence electrons. The average Bonchev–Trinajstić information content (AvgIpc) is 2.95. The second kappa shape index (κ2) is 3.78. The van der Waals surface area contributed by atoms with Gasteiger partial charge in [0.1, 0.15) is 17.7 Å². The van der Waals surface area contributed by atoms with E-state index in [2.05, 4.69) is 25.5 Å². The highest BCUT2D eigenvalue weighted by Gasteiger charge is 2.07. The van der Waals surface area contributed by atoms with Crippen LogP contribution in [-0.2, 0) is 6.54 Å². The van der Waals surface area contributed by atoms with E-state index in [0.717, 1.165) is 0 Å². The fraction of sp³-hybridized carbons (Fsp3) is 0.100. The van der Waals surface area contributed by atoms with E-state index in [1.807, 2.05) is 12.1 Å². The summed E-state index contributed by atoms with van der Waals surface area (Å²) in [6, 6.07) is 5.83. The molecule has 0 atom stereocenters. The van der Waals surface area contributed by atoms with Crippen LogP contribution in [0.2, 0.25) is 0 Å². The molecule has 0 radical (unpaired) electrons. The smallest absolute Gasteiger partial charge is 0.296 e. The molecule has 17 heavy (non-hydrogen) atoms. The third-order valence-electron chi connectivity index (χ3n) is 2.32. The second-order valence-corrected chi connectivity index (χ2v) is 3.50. The van der Waals surface area contributed by atoms with E-state index >= 15 is 0 Å². The Morgan fingerprint density at radius 3 is 3.12 bits per heavy atom. The lowest BCUT2D eigenvalue weighted by atomic mass is 10.3. The van der Waals surface area contributed by atoms with Crippen molar-refractivity contribution in [3.8, 4) is 0 Å². The number of nitrogens with zero attached hydrogens (tertiary/aromatic N) is 3. The Hall–Kier alpha value is -2.57. The largest absolute Gasteiger partial charge is 0.423 e. The second-order valence-electron chi connectivity index (χ2n) is 3.50. The predicted molar refractivity (Wildman–Crippen MR) is 62.1 cm³/mol. The van der Waals surface area contributed by atoms with E-state index < -0.39 is 0 Å². The van der Waals surface area contributed by atoms with Gasteiger partial charge in [-0.2, -0.15) is 10.1 Å². The number of H-pyrrole nitrogens is 1. The number of aromatic amines is 1. The maximum absolute atomic E-state index is 5.78. The van der Waals surface area contributed by atoms with Crippen LogP contribution in [0.5, 0.6) is 0 Å². The van der Waals surface area contributed by atoms with Crippen molar-refractivity contribution in [2.24, 2.45) is 0 Å². The van der Waals surface area contributed by atoms with Crippen molar-refractivity contribution in [1.82, 2.24) is 20.2 Å². The van der Waals surface area contributed by atoms with Crippen LogP contribution in [0, 0.1) is 0 Å². The third kappa shape index (κ3) is 1.78. The van der Waals surface area contributed by atoms with Crippen LogP contribution in [0.15, 0.2) is 28.9 Å². The molecule has 0 aliphatic rings. The summed E-state index contributed by atoms with van der Waals surface area (Å²) >= 11 is 0. The average molecular weight is 230 g/mol. The molecule has 4 N–H and O–H groups in total. The number of para-hydroxylation sites is 1. The van der Waals surface area contributed by atoms with Crippen LogP contribution >= 0.6 is 0 Å². The molecule has 0 saturated heterocycles. The summed E-state index contributed by atoms with van der Waals surface area (Å²) in [5.41, 5.74) is 7.70. The van der Waals surface area contributed by atoms with Crippen LogP contribution in [0.25, 0.3) is 11.1 Å². The summed E-state index contributed by atoms with van der Waals surface area (Å²) in [7, 11) is 0. The Morgan fingerprint density at radius 1 is 1.41 bits per heavy atom. The Morgan fingerprint density at radius 2 is 2.35 bits per heavy atom. The zero-order valence-corrected chi connectivity index (χ0v) is 8.84. The molecule has 2 heterocycles. The van der Waals surface area contributed by atoms with Gasteiger partial charge in [-0.1, -0.05) is 6.07 Å². The van der Waals surface area contributed by atoms with Crippen molar-refractivity contribution < 1.29 is 4.42 Å². The molecule has 2 aromatic heterocycles. The zero-order valence-electron chi connectivity index (χ0n) is 8.84. The highest BCUT2D eigenvalue weighted by atomic mass is 16.4. The van der Waals surface area contributed by atoms with Crippen LogP contribution in [0.1, 0.15) is 5.82 Å². The monoisotopic (exact) mass is 230 g/mol. The number of benzene rings is 1. The summed E-state index contributed by atoms with van der Waals surface area (Å²) in [4.78, 5) is 8.23. The first kappa shape index (κ1) is 9.64. The number of hydrogen-bond donors (Lipinski definition) is 3. The first-order valence-electron chi connectivity index (χ1n) is 5.06. The molecule has 7 heteroatoms. The highest BCUT2D eigenvalue weighted by molar-refractivity contribution is 5.86. The molecule has 0 fully saturated rings. The summed E-state index contributed by atoms with van der Waals surface area (Å²) in [6.07, 6.45) is 1.45. The van der Waals surface area contributed by atoms with Gasteiger partial charge in [-0.05, 0) is 12.1 Å². The fourth-order valence-corrected chi connectivity index (χ4v) is 1.52. The van der Waals surface area contributed by atoms with E-state index in [4.69, 9.17) is 10.2 Å². The van der Waals surface area contributed by atoms with E-state index in [0.29, 0.717) is 35.2 Å². The molecule has 0 spiro atoms. The first-order valence-corrected chi connectivity index (χ1v) is 5.06. The first-order chi connectivity index (χ1) is 8.33. The Kier molecular flexibility index (Phi) is 2.14. The van der Waals surface area contributed by atoms with Crippen molar-refractivity contribution >= 4 is 22.8 Å². The summed E-state index contributed by atoms with van der Waals surface area (Å²) < 4.78 is 5.48. The van der Waals surface area contributed by atoms with E-state index in [9.17, 15) is 0 Å². The topological polar surface area (TPSA) is 106 Å². The minimum atomic E-state index is 0.411. The normalized spacial score (nSPS) is 10.8. The number of anilines is 2. The Bertz CT molecular complexity index is 629. The standard InChI is InChI=1S/C10H10N6O/c11-6-2-1-3-7-9(6)15-10(17-7)12-4-8-13-5-14-16-8/h1-3,5H,4,11H2,(H,12,15)(H,13,14,16). The van der Waals surface area contributed by atoms with Crippen LogP contribution < -0.4 is 11.1 Å². The molecule has 7 nitrogen and oxygen atoms in total. The number of aromatic nitrogens is 4. The molecule has 0 unspecified atom stereocenters. The van der Waals surface area contributed by atoms with Gasteiger partial charge in [0.25, 0.3) is 6.01 Å². The molecule has 0 aliphatic heterocycles. The lowest BCUT2D eigenvalue weighted by Gasteiger charge is -1.95. The molecule has 0 aliphatic carbocycles. The SMILES string of the molecule is Nc1cccc2oc(NCc3ncn[nH]3)nc12. The fourth-order valence-electron chi connectivity index (χ4n) is 1.52. The molecule has 0 saturated carbocycles. The molecule has 0 amide bonds. The van der Waals surface area contributed by atoms with Crippen molar-refractivity contribution in [1.29, 1.82) is 0 Å². The van der Waals surface area contributed by atoms with Gasteiger partial charge >= 0.3 is 0 Å². The molecule has 3 rings (SSSR count). The zero-order chi connectivity index (χ0) is 11.7. The van der Waals surface area contributed by atoms with Gasteiger partial charge in [0.2, 0.25) is 0 Å². The number of oxazole rings is 1. The van der Waals surface area contributed by atoms with Gasteiger partial charge in [-0.25, -0.2) is 4.98 Å².